The molecule has 1 aromatic rings. The van der Waals surface area contributed by atoms with Gasteiger partial charge in [-0.2, -0.15) is 0 Å². The van der Waals surface area contributed by atoms with Crippen molar-refractivity contribution >= 4 is 6.29 Å². The molecule has 0 aliphatic rings. The maximum absolute atomic E-state index is 13.0. The molecule has 1 heterocycles. The van der Waals surface area contributed by atoms with Crippen molar-refractivity contribution in [2.24, 2.45) is 0 Å². The second-order valence-corrected chi connectivity index (χ2v) is 2.47. The van der Waals surface area contributed by atoms with E-state index in [0.29, 0.717) is 0 Å². The number of aldehydes is 1. The zero-order valence-electron chi connectivity index (χ0n) is 6.72. The van der Waals surface area contributed by atoms with Gasteiger partial charge >= 0.3 is 0 Å². The molecule has 2 nitrogen and oxygen atoms in total. The van der Waals surface area contributed by atoms with Crippen molar-refractivity contribution in [3.8, 4) is 0 Å². The first-order valence-electron chi connectivity index (χ1n) is 3.46. The first kappa shape index (κ1) is 9.70. The van der Waals surface area contributed by atoms with Gasteiger partial charge in [-0.05, 0) is 6.92 Å². The van der Waals surface area contributed by atoms with Crippen LogP contribution in [0.1, 0.15) is 28.0 Å². The zero-order chi connectivity index (χ0) is 10.0. The smallest absolute Gasteiger partial charge is 0.268 e. The van der Waals surface area contributed by atoms with Crippen molar-refractivity contribution in [2.45, 2.75) is 13.3 Å². The van der Waals surface area contributed by atoms with Crippen molar-refractivity contribution in [1.82, 2.24) is 4.98 Å². The molecule has 0 atom stereocenters. The molecule has 0 saturated heterocycles. The van der Waals surface area contributed by atoms with Crippen LogP contribution in [0.25, 0.3) is 0 Å². The Labute approximate surface area is 72.4 Å². The molecule has 5 heteroatoms. The minimum atomic E-state index is -3.02. The standard InChI is InChI=1S/C8H6F3NO/c1-4-2-12-5(3-13)6(7(4)9)8(10)11/h2-3,8H,1H3. The van der Waals surface area contributed by atoms with E-state index < -0.39 is 23.5 Å². The Kier molecular flexibility index (Phi) is 2.65. The summed E-state index contributed by atoms with van der Waals surface area (Å²) in [7, 11) is 0. The molecule has 1 aromatic heterocycles. The van der Waals surface area contributed by atoms with Gasteiger partial charge in [-0.25, -0.2) is 13.2 Å². The predicted octanol–water partition coefficient (Wildman–Crippen LogP) is 2.28. The van der Waals surface area contributed by atoms with Crippen molar-refractivity contribution in [3.05, 3.63) is 28.8 Å². The van der Waals surface area contributed by atoms with E-state index >= 15 is 0 Å². The molecule has 0 N–H and O–H groups in total. The molecule has 0 aliphatic carbocycles. The highest BCUT2D eigenvalue weighted by atomic mass is 19.3. The van der Waals surface area contributed by atoms with Gasteiger partial charge in [-0.1, -0.05) is 0 Å². The molecular formula is C8H6F3NO. The Morgan fingerprint density at radius 3 is 2.62 bits per heavy atom. The maximum atomic E-state index is 13.0. The van der Waals surface area contributed by atoms with Gasteiger partial charge in [0.1, 0.15) is 11.5 Å². The predicted molar refractivity (Wildman–Crippen MR) is 39.3 cm³/mol. The Bertz CT molecular complexity index is 338. The lowest BCUT2D eigenvalue weighted by molar-refractivity contribution is 0.109. The lowest BCUT2D eigenvalue weighted by Crippen LogP contribution is -2.03. The summed E-state index contributed by atoms with van der Waals surface area (Å²) in [5.74, 6) is -1.06. The van der Waals surface area contributed by atoms with Crippen LogP contribution in [-0.2, 0) is 0 Å². The molecular weight excluding hydrogens is 183 g/mol. The van der Waals surface area contributed by atoms with Crippen molar-refractivity contribution in [3.63, 3.8) is 0 Å². The van der Waals surface area contributed by atoms with Crippen LogP contribution >= 0.6 is 0 Å². The van der Waals surface area contributed by atoms with E-state index in [-0.39, 0.29) is 11.8 Å². The van der Waals surface area contributed by atoms with E-state index in [9.17, 15) is 18.0 Å². The van der Waals surface area contributed by atoms with Crippen LogP contribution in [0.15, 0.2) is 6.20 Å². The van der Waals surface area contributed by atoms with Crippen LogP contribution in [0, 0.1) is 12.7 Å². The zero-order valence-corrected chi connectivity index (χ0v) is 6.72. The first-order chi connectivity index (χ1) is 6.07. The van der Waals surface area contributed by atoms with Crippen LogP contribution in [0.5, 0.6) is 0 Å². The van der Waals surface area contributed by atoms with Crippen LogP contribution < -0.4 is 0 Å². The lowest BCUT2D eigenvalue weighted by Gasteiger charge is -2.05. The Balaban J connectivity index is 3.41. The summed E-state index contributed by atoms with van der Waals surface area (Å²) in [5.41, 5.74) is -1.46. The molecule has 0 bridgehead atoms. The number of carbonyl (C=O) groups is 1. The summed E-state index contributed by atoms with van der Waals surface area (Å²) >= 11 is 0. The number of aromatic nitrogens is 1. The highest BCUT2D eigenvalue weighted by Crippen LogP contribution is 2.25. The number of carbonyl (C=O) groups excluding carboxylic acids is 1. The molecule has 1 rings (SSSR count). The van der Waals surface area contributed by atoms with Gasteiger partial charge in [0.2, 0.25) is 0 Å². The molecule has 0 spiro atoms. The fourth-order valence-corrected chi connectivity index (χ4v) is 0.919. The van der Waals surface area contributed by atoms with Crippen LogP contribution in [0.4, 0.5) is 13.2 Å². The van der Waals surface area contributed by atoms with E-state index in [0.717, 1.165) is 6.20 Å². The highest BCUT2D eigenvalue weighted by Gasteiger charge is 2.20. The lowest BCUT2D eigenvalue weighted by atomic mass is 10.1. The number of halogens is 3. The van der Waals surface area contributed by atoms with Crippen LogP contribution in [0.2, 0.25) is 0 Å². The normalized spacial score (nSPS) is 10.5. The summed E-state index contributed by atoms with van der Waals surface area (Å²) in [6, 6.07) is 0. The Morgan fingerprint density at radius 1 is 1.54 bits per heavy atom. The number of nitrogens with zero attached hydrogens (tertiary/aromatic N) is 1. The third kappa shape index (κ3) is 1.68. The van der Waals surface area contributed by atoms with E-state index in [4.69, 9.17) is 0 Å². The summed E-state index contributed by atoms with van der Waals surface area (Å²) in [6.45, 7) is 1.31. The summed E-state index contributed by atoms with van der Waals surface area (Å²) in [4.78, 5) is 13.6. The average Bonchev–Trinajstić information content (AvgIpc) is 2.08. The second kappa shape index (κ2) is 3.55. The van der Waals surface area contributed by atoms with Gasteiger partial charge in [0.15, 0.2) is 6.29 Å². The Hall–Kier alpha value is -1.39. The molecule has 0 amide bonds. The van der Waals surface area contributed by atoms with Crippen LogP contribution in [0.3, 0.4) is 0 Å². The first-order valence-corrected chi connectivity index (χ1v) is 3.46. The van der Waals surface area contributed by atoms with Gasteiger partial charge in [-0.15, -0.1) is 0 Å². The average molecular weight is 189 g/mol. The molecule has 13 heavy (non-hydrogen) atoms. The van der Waals surface area contributed by atoms with E-state index in [1.54, 1.807) is 0 Å². The fraction of sp³-hybridized carbons (Fsp3) is 0.250. The SMILES string of the molecule is Cc1cnc(C=O)c(C(F)F)c1F. The third-order valence-corrected chi connectivity index (χ3v) is 1.59. The summed E-state index contributed by atoms with van der Waals surface area (Å²) in [6.07, 6.45) is -1.86. The molecule has 0 aromatic carbocycles. The number of hydrogen-bond acceptors (Lipinski definition) is 2. The van der Waals surface area contributed by atoms with Gasteiger partial charge in [-0.3, -0.25) is 9.78 Å². The third-order valence-electron chi connectivity index (χ3n) is 1.59. The monoisotopic (exact) mass is 189 g/mol. The molecule has 0 unspecified atom stereocenters. The van der Waals surface area contributed by atoms with E-state index in [1.807, 2.05) is 0 Å². The molecule has 0 saturated carbocycles. The second-order valence-electron chi connectivity index (χ2n) is 2.47. The minimum Gasteiger partial charge on any atom is -0.296 e. The van der Waals surface area contributed by atoms with E-state index in [1.165, 1.54) is 6.92 Å². The molecule has 0 aliphatic heterocycles. The van der Waals surface area contributed by atoms with Gasteiger partial charge in [0.05, 0.1) is 5.56 Å². The van der Waals surface area contributed by atoms with Crippen LogP contribution in [-0.4, -0.2) is 11.3 Å². The largest absolute Gasteiger partial charge is 0.296 e. The molecule has 70 valence electrons. The Morgan fingerprint density at radius 2 is 2.15 bits per heavy atom. The number of aryl methyl sites for hydroxylation is 1. The summed E-state index contributed by atoms with van der Waals surface area (Å²) < 4.78 is 37.5. The van der Waals surface area contributed by atoms with Crippen molar-refractivity contribution in [2.75, 3.05) is 0 Å². The highest BCUT2D eigenvalue weighted by molar-refractivity contribution is 5.74. The van der Waals surface area contributed by atoms with E-state index in [2.05, 4.69) is 4.98 Å². The van der Waals surface area contributed by atoms with Gasteiger partial charge < -0.3 is 0 Å². The quantitative estimate of drug-likeness (QED) is 0.668. The van der Waals surface area contributed by atoms with Gasteiger partial charge in [0.25, 0.3) is 6.43 Å². The fourth-order valence-electron chi connectivity index (χ4n) is 0.919. The van der Waals surface area contributed by atoms with Crippen molar-refractivity contribution in [1.29, 1.82) is 0 Å². The molecule has 0 radical (unpaired) electrons. The van der Waals surface area contributed by atoms with Gasteiger partial charge in [0, 0.05) is 11.8 Å². The number of hydrogen-bond donors (Lipinski definition) is 0. The number of alkyl halides is 2. The molecule has 0 fully saturated rings. The topological polar surface area (TPSA) is 30.0 Å². The summed E-state index contributed by atoms with van der Waals surface area (Å²) in [5, 5.41) is 0. The number of pyridine rings is 1. The minimum absolute atomic E-state index is 0.000833. The number of rotatable bonds is 2. The van der Waals surface area contributed by atoms with Crippen molar-refractivity contribution < 1.29 is 18.0 Å². The maximum Gasteiger partial charge on any atom is 0.268 e.